The maximum atomic E-state index is 11.4. The van der Waals surface area contributed by atoms with Crippen molar-refractivity contribution >= 4 is 5.69 Å². The Bertz CT molecular complexity index is 928. The molecule has 2 aromatic carbocycles. The van der Waals surface area contributed by atoms with Crippen LogP contribution in [0.15, 0.2) is 47.9 Å². The first-order chi connectivity index (χ1) is 11.4. The molecule has 0 aliphatic carbocycles. The van der Waals surface area contributed by atoms with E-state index in [9.17, 15) is 20.5 Å². The molecule has 24 heavy (non-hydrogen) atoms. The van der Waals surface area contributed by atoms with E-state index in [1.54, 1.807) is 25.1 Å². The lowest BCUT2D eigenvalue weighted by molar-refractivity contribution is -0.385. The van der Waals surface area contributed by atoms with Crippen LogP contribution in [-0.2, 0) is 0 Å². The molecule has 0 aromatic heterocycles. The molecule has 3 N–H and O–H groups in total. The molecule has 7 heteroatoms. The number of para-hydroxylation sites is 1. The van der Waals surface area contributed by atoms with Crippen LogP contribution >= 0.6 is 0 Å². The smallest absolute Gasteiger partial charge is 0.273 e. The minimum atomic E-state index is -0.735. The number of aromatic hydroxyl groups is 1. The molecule has 0 saturated heterocycles. The first kappa shape index (κ1) is 15.4. The number of hydrogen-bond acceptors (Lipinski definition) is 6. The number of nitro groups is 1. The van der Waals surface area contributed by atoms with Crippen LogP contribution < -0.4 is 10.5 Å². The Morgan fingerprint density at radius 1 is 1.38 bits per heavy atom. The monoisotopic (exact) mass is 323 g/mol. The third-order valence-electron chi connectivity index (χ3n) is 3.96. The predicted molar refractivity (Wildman–Crippen MR) is 85.2 cm³/mol. The van der Waals surface area contributed by atoms with Gasteiger partial charge in [-0.05, 0) is 18.6 Å². The van der Waals surface area contributed by atoms with Crippen LogP contribution in [0.2, 0.25) is 0 Å². The Morgan fingerprint density at radius 3 is 2.75 bits per heavy atom. The summed E-state index contributed by atoms with van der Waals surface area (Å²) in [7, 11) is 0. The summed E-state index contributed by atoms with van der Waals surface area (Å²) in [5.74, 6) is -0.591. The standard InChI is InChI=1S/C17H13N3O4/c1-9-6-10(21)7-14-15(9)16(12(8-18)17(19)24-14)11-4-2-3-5-13(11)20(22)23/h2-7,16,21H,19H2,1H3. The zero-order valence-electron chi connectivity index (χ0n) is 12.7. The van der Waals surface area contributed by atoms with E-state index < -0.39 is 10.8 Å². The van der Waals surface area contributed by atoms with Crippen LogP contribution in [0, 0.1) is 28.4 Å². The van der Waals surface area contributed by atoms with Gasteiger partial charge in [-0.1, -0.05) is 18.2 Å². The van der Waals surface area contributed by atoms with E-state index in [2.05, 4.69) is 0 Å². The van der Waals surface area contributed by atoms with Gasteiger partial charge in [-0.15, -0.1) is 0 Å². The molecule has 0 bridgehead atoms. The molecule has 1 heterocycles. The van der Waals surface area contributed by atoms with Crippen molar-refractivity contribution in [2.24, 2.45) is 5.73 Å². The highest BCUT2D eigenvalue weighted by molar-refractivity contribution is 5.63. The number of nitrogens with zero attached hydrogens (tertiary/aromatic N) is 2. The van der Waals surface area contributed by atoms with Crippen LogP contribution in [0.5, 0.6) is 11.5 Å². The number of nitrogens with two attached hydrogens (primary N) is 1. The molecule has 1 atom stereocenters. The van der Waals surface area contributed by atoms with Gasteiger partial charge in [0.15, 0.2) is 0 Å². The molecule has 2 aromatic rings. The van der Waals surface area contributed by atoms with E-state index in [-0.39, 0.29) is 28.6 Å². The molecule has 1 aliphatic rings. The van der Waals surface area contributed by atoms with Gasteiger partial charge < -0.3 is 15.6 Å². The number of ether oxygens (including phenoxy) is 1. The fourth-order valence-corrected chi connectivity index (χ4v) is 2.99. The lowest BCUT2D eigenvalue weighted by atomic mass is 9.80. The number of nitriles is 1. The van der Waals surface area contributed by atoms with Gasteiger partial charge in [-0.2, -0.15) is 5.26 Å². The average molecular weight is 323 g/mol. The lowest BCUT2D eigenvalue weighted by Crippen LogP contribution is -2.22. The second kappa shape index (κ2) is 5.59. The third-order valence-corrected chi connectivity index (χ3v) is 3.96. The second-order valence-electron chi connectivity index (χ2n) is 5.42. The van der Waals surface area contributed by atoms with Crippen LogP contribution in [-0.4, -0.2) is 10.0 Å². The van der Waals surface area contributed by atoms with Crippen molar-refractivity contribution in [1.82, 2.24) is 0 Å². The topological polar surface area (TPSA) is 122 Å². The highest BCUT2D eigenvalue weighted by atomic mass is 16.6. The number of fused-ring (bicyclic) bond motifs is 1. The molecule has 1 unspecified atom stereocenters. The summed E-state index contributed by atoms with van der Waals surface area (Å²) in [5, 5.41) is 30.7. The SMILES string of the molecule is Cc1cc(O)cc2c1C(c1ccccc1[N+](=O)[O-])C(C#N)=C(N)O2. The summed E-state index contributed by atoms with van der Waals surface area (Å²) in [6.45, 7) is 1.74. The third kappa shape index (κ3) is 2.30. The zero-order chi connectivity index (χ0) is 17.4. The Labute approximate surface area is 137 Å². The average Bonchev–Trinajstić information content (AvgIpc) is 2.53. The first-order valence-corrected chi connectivity index (χ1v) is 7.08. The minimum absolute atomic E-state index is 0.0132. The Balaban J connectivity index is 2.35. The maximum absolute atomic E-state index is 11.4. The van der Waals surface area contributed by atoms with E-state index >= 15 is 0 Å². The van der Waals surface area contributed by atoms with Crippen LogP contribution in [0.3, 0.4) is 0 Å². The van der Waals surface area contributed by atoms with Crippen molar-refractivity contribution in [3.8, 4) is 17.6 Å². The number of aryl methyl sites for hydroxylation is 1. The van der Waals surface area contributed by atoms with Crippen LogP contribution in [0.1, 0.15) is 22.6 Å². The van der Waals surface area contributed by atoms with Crippen molar-refractivity contribution in [2.75, 3.05) is 0 Å². The number of benzene rings is 2. The lowest BCUT2D eigenvalue weighted by Gasteiger charge is -2.27. The van der Waals surface area contributed by atoms with Gasteiger partial charge in [-0.3, -0.25) is 10.1 Å². The number of phenols is 1. The van der Waals surface area contributed by atoms with Crippen molar-refractivity contribution in [3.63, 3.8) is 0 Å². The van der Waals surface area contributed by atoms with E-state index in [1.807, 2.05) is 6.07 Å². The molecule has 3 rings (SSSR count). The highest BCUT2D eigenvalue weighted by Crippen LogP contribution is 2.47. The molecule has 120 valence electrons. The van der Waals surface area contributed by atoms with Gasteiger partial charge in [0.25, 0.3) is 5.69 Å². The van der Waals surface area contributed by atoms with Gasteiger partial charge in [0.05, 0.1) is 10.8 Å². The number of rotatable bonds is 2. The number of nitro benzene ring substituents is 1. The fraction of sp³-hybridized carbons (Fsp3) is 0.118. The molecular weight excluding hydrogens is 310 g/mol. The summed E-state index contributed by atoms with van der Waals surface area (Å²) in [6, 6.07) is 11.1. The van der Waals surface area contributed by atoms with E-state index in [0.717, 1.165) is 0 Å². The van der Waals surface area contributed by atoms with Gasteiger partial charge in [0.2, 0.25) is 5.88 Å². The fourth-order valence-electron chi connectivity index (χ4n) is 2.99. The van der Waals surface area contributed by atoms with E-state index in [0.29, 0.717) is 16.7 Å². The van der Waals surface area contributed by atoms with E-state index in [4.69, 9.17) is 10.5 Å². The largest absolute Gasteiger partial charge is 0.508 e. The van der Waals surface area contributed by atoms with Crippen molar-refractivity contribution in [3.05, 3.63) is 74.7 Å². The van der Waals surface area contributed by atoms with Gasteiger partial charge in [0.1, 0.15) is 23.1 Å². The van der Waals surface area contributed by atoms with Gasteiger partial charge in [-0.25, -0.2) is 0 Å². The first-order valence-electron chi connectivity index (χ1n) is 7.08. The van der Waals surface area contributed by atoms with Gasteiger partial charge in [0, 0.05) is 23.3 Å². The summed E-state index contributed by atoms with van der Waals surface area (Å²) in [4.78, 5) is 10.9. The molecule has 1 aliphatic heterocycles. The van der Waals surface area contributed by atoms with Gasteiger partial charge >= 0.3 is 0 Å². The highest BCUT2D eigenvalue weighted by Gasteiger charge is 2.35. The number of phenolic OH excluding ortho intramolecular Hbond substituents is 1. The predicted octanol–water partition coefficient (Wildman–Crippen LogP) is 2.83. The Hall–Kier alpha value is -3.53. The Kier molecular flexibility index (Phi) is 3.58. The normalized spacial score (nSPS) is 16.1. The molecule has 0 saturated carbocycles. The Morgan fingerprint density at radius 2 is 2.08 bits per heavy atom. The van der Waals surface area contributed by atoms with Crippen LogP contribution in [0.25, 0.3) is 0 Å². The summed E-state index contributed by atoms with van der Waals surface area (Å²) < 4.78 is 5.45. The maximum Gasteiger partial charge on any atom is 0.273 e. The minimum Gasteiger partial charge on any atom is -0.508 e. The van der Waals surface area contributed by atoms with E-state index in [1.165, 1.54) is 18.2 Å². The molecule has 0 fully saturated rings. The quantitative estimate of drug-likeness (QED) is 0.647. The number of hydrogen-bond donors (Lipinski definition) is 2. The molecule has 0 radical (unpaired) electrons. The number of allylic oxidation sites excluding steroid dienone is 1. The van der Waals surface area contributed by atoms with Crippen molar-refractivity contribution in [1.29, 1.82) is 5.26 Å². The van der Waals surface area contributed by atoms with Crippen molar-refractivity contribution < 1.29 is 14.8 Å². The molecular formula is C17H13N3O4. The summed E-state index contributed by atoms with van der Waals surface area (Å²) in [6.07, 6.45) is 0. The molecule has 0 spiro atoms. The molecule has 0 amide bonds. The van der Waals surface area contributed by atoms with Crippen LogP contribution in [0.4, 0.5) is 5.69 Å². The molecule has 7 nitrogen and oxygen atoms in total. The van der Waals surface area contributed by atoms with Crippen molar-refractivity contribution in [2.45, 2.75) is 12.8 Å². The summed E-state index contributed by atoms with van der Waals surface area (Å²) >= 11 is 0. The second-order valence-corrected chi connectivity index (χ2v) is 5.42. The summed E-state index contributed by atoms with van der Waals surface area (Å²) in [5.41, 5.74) is 7.41. The zero-order valence-corrected chi connectivity index (χ0v) is 12.7.